The highest BCUT2D eigenvalue weighted by atomic mass is 16.5. The molecule has 3 unspecified atom stereocenters. The number of hydrogen-bond acceptors (Lipinski definition) is 4. The lowest BCUT2D eigenvalue weighted by atomic mass is 9.91. The highest BCUT2D eigenvalue weighted by Crippen LogP contribution is 2.34. The van der Waals surface area contributed by atoms with E-state index in [1.54, 1.807) is 13.3 Å². The number of methoxy groups -OCH3 is 1. The first kappa shape index (κ1) is 11.4. The molecule has 1 saturated heterocycles. The predicted molar refractivity (Wildman–Crippen MR) is 61.2 cm³/mol. The quantitative estimate of drug-likeness (QED) is 0.842. The zero-order valence-corrected chi connectivity index (χ0v) is 9.72. The molecule has 0 aromatic carbocycles. The van der Waals surface area contributed by atoms with E-state index in [2.05, 4.69) is 11.9 Å². The third-order valence-corrected chi connectivity index (χ3v) is 3.23. The van der Waals surface area contributed by atoms with Crippen LogP contribution in [0.25, 0.3) is 0 Å². The van der Waals surface area contributed by atoms with Crippen molar-refractivity contribution in [3.05, 3.63) is 24.0 Å². The molecule has 0 bridgehead atoms. The van der Waals surface area contributed by atoms with E-state index in [0.29, 0.717) is 5.92 Å². The molecule has 2 N–H and O–H groups in total. The van der Waals surface area contributed by atoms with Crippen LogP contribution in [0.1, 0.15) is 25.1 Å². The number of pyridine rings is 1. The zero-order chi connectivity index (χ0) is 11.5. The van der Waals surface area contributed by atoms with Gasteiger partial charge in [-0.25, -0.2) is 0 Å². The van der Waals surface area contributed by atoms with Gasteiger partial charge in [-0.15, -0.1) is 0 Å². The SMILES string of the molecule is COc1cccnc1C(N)C1CCOC1C. The maximum absolute atomic E-state index is 6.24. The summed E-state index contributed by atoms with van der Waals surface area (Å²) in [5, 5.41) is 0. The van der Waals surface area contributed by atoms with Gasteiger partial charge in [-0.1, -0.05) is 0 Å². The maximum Gasteiger partial charge on any atom is 0.141 e. The van der Waals surface area contributed by atoms with E-state index in [0.717, 1.165) is 24.5 Å². The maximum atomic E-state index is 6.24. The van der Waals surface area contributed by atoms with Crippen molar-refractivity contribution in [3.63, 3.8) is 0 Å². The van der Waals surface area contributed by atoms with Crippen molar-refractivity contribution in [1.29, 1.82) is 0 Å². The van der Waals surface area contributed by atoms with Crippen molar-refractivity contribution in [3.8, 4) is 5.75 Å². The minimum Gasteiger partial charge on any atom is -0.495 e. The molecule has 1 aliphatic heterocycles. The third kappa shape index (κ3) is 2.03. The molecule has 1 fully saturated rings. The van der Waals surface area contributed by atoms with Gasteiger partial charge in [0.25, 0.3) is 0 Å². The van der Waals surface area contributed by atoms with Crippen LogP contribution in [-0.2, 0) is 4.74 Å². The van der Waals surface area contributed by atoms with Crippen LogP contribution in [0, 0.1) is 5.92 Å². The monoisotopic (exact) mass is 222 g/mol. The Hall–Kier alpha value is -1.13. The van der Waals surface area contributed by atoms with Crippen LogP contribution in [-0.4, -0.2) is 24.8 Å². The summed E-state index contributed by atoms with van der Waals surface area (Å²) in [5.41, 5.74) is 7.07. The molecule has 0 radical (unpaired) electrons. The number of ether oxygens (including phenoxy) is 2. The lowest BCUT2D eigenvalue weighted by Gasteiger charge is -2.22. The first-order valence-corrected chi connectivity index (χ1v) is 5.60. The molecule has 2 rings (SSSR count). The highest BCUT2D eigenvalue weighted by Gasteiger charge is 2.32. The Bertz CT molecular complexity index is 357. The number of nitrogens with two attached hydrogens (primary N) is 1. The number of hydrogen-bond donors (Lipinski definition) is 1. The van der Waals surface area contributed by atoms with Crippen LogP contribution in [0.2, 0.25) is 0 Å². The van der Waals surface area contributed by atoms with Gasteiger partial charge in [0.2, 0.25) is 0 Å². The minimum atomic E-state index is -0.117. The fraction of sp³-hybridized carbons (Fsp3) is 0.583. The molecule has 2 heterocycles. The molecular weight excluding hydrogens is 204 g/mol. The lowest BCUT2D eigenvalue weighted by molar-refractivity contribution is 0.0988. The molecule has 0 amide bonds. The molecule has 4 heteroatoms. The second-order valence-corrected chi connectivity index (χ2v) is 4.15. The zero-order valence-electron chi connectivity index (χ0n) is 9.72. The van der Waals surface area contributed by atoms with Gasteiger partial charge in [0, 0.05) is 18.7 Å². The Morgan fingerprint density at radius 3 is 3.06 bits per heavy atom. The number of nitrogens with zero attached hydrogens (tertiary/aromatic N) is 1. The molecule has 1 aromatic rings. The van der Waals surface area contributed by atoms with Gasteiger partial charge in [0.05, 0.1) is 24.9 Å². The van der Waals surface area contributed by atoms with Crippen molar-refractivity contribution in [2.24, 2.45) is 11.7 Å². The smallest absolute Gasteiger partial charge is 0.141 e. The first-order chi connectivity index (χ1) is 7.74. The van der Waals surface area contributed by atoms with Gasteiger partial charge >= 0.3 is 0 Å². The summed E-state index contributed by atoms with van der Waals surface area (Å²) in [6.45, 7) is 2.85. The predicted octanol–water partition coefficient (Wildman–Crippen LogP) is 1.51. The van der Waals surface area contributed by atoms with Crippen LogP contribution in [0.4, 0.5) is 0 Å². The van der Waals surface area contributed by atoms with E-state index in [1.807, 2.05) is 12.1 Å². The van der Waals surface area contributed by atoms with Crippen LogP contribution >= 0.6 is 0 Å². The average Bonchev–Trinajstić information content (AvgIpc) is 2.74. The van der Waals surface area contributed by atoms with E-state index < -0.39 is 0 Å². The summed E-state index contributed by atoms with van der Waals surface area (Å²) in [4.78, 5) is 4.32. The summed E-state index contributed by atoms with van der Waals surface area (Å²) in [6, 6.07) is 3.63. The van der Waals surface area contributed by atoms with Crippen molar-refractivity contribution < 1.29 is 9.47 Å². The Morgan fingerprint density at radius 1 is 1.62 bits per heavy atom. The summed E-state index contributed by atoms with van der Waals surface area (Å²) in [6.07, 6.45) is 2.93. The molecular formula is C12H18N2O2. The van der Waals surface area contributed by atoms with Crippen LogP contribution < -0.4 is 10.5 Å². The molecule has 4 nitrogen and oxygen atoms in total. The molecule has 1 aromatic heterocycles. The Labute approximate surface area is 95.8 Å². The summed E-state index contributed by atoms with van der Waals surface area (Å²) in [7, 11) is 1.64. The first-order valence-electron chi connectivity index (χ1n) is 5.60. The van der Waals surface area contributed by atoms with Gasteiger partial charge in [-0.2, -0.15) is 0 Å². The molecule has 0 aliphatic carbocycles. The van der Waals surface area contributed by atoms with E-state index in [1.165, 1.54) is 0 Å². The van der Waals surface area contributed by atoms with Gasteiger partial charge in [0.1, 0.15) is 5.75 Å². The van der Waals surface area contributed by atoms with Crippen molar-refractivity contribution >= 4 is 0 Å². The van der Waals surface area contributed by atoms with Crippen LogP contribution in [0.15, 0.2) is 18.3 Å². The van der Waals surface area contributed by atoms with Crippen molar-refractivity contribution in [2.75, 3.05) is 13.7 Å². The fourth-order valence-electron chi connectivity index (χ4n) is 2.25. The average molecular weight is 222 g/mol. The molecule has 3 atom stereocenters. The van der Waals surface area contributed by atoms with E-state index in [-0.39, 0.29) is 12.1 Å². The van der Waals surface area contributed by atoms with Gasteiger partial charge in [0.15, 0.2) is 0 Å². The topological polar surface area (TPSA) is 57.4 Å². The Morgan fingerprint density at radius 2 is 2.44 bits per heavy atom. The third-order valence-electron chi connectivity index (χ3n) is 3.23. The number of aromatic nitrogens is 1. The minimum absolute atomic E-state index is 0.117. The van der Waals surface area contributed by atoms with Gasteiger partial charge < -0.3 is 15.2 Å². The Balaban J connectivity index is 2.22. The summed E-state index contributed by atoms with van der Waals surface area (Å²) >= 11 is 0. The molecule has 0 spiro atoms. The van der Waals surface area contributed by atoms with E-state index in [4.69, 9.17) is 15.2 Å². The normalized spacial score (nSPS) is 26.7. The molecule has 1 aliphatic rings. The number of rotatable bonds is 3. The Kier molecular flexibility index (Phi) is 3.41. The van der Waals surface area contributed by atoms with E-state index >= 15 is 0 Å². The molecule has 16 heavy (non-hydrogen) atoms. The van der Waals surface area contributed by atoms with Crippen molar-refractivity contribution in [2.45, 2.75) is 25.5 Å². The second kappa shape index (κ2) is 4.80. The lowest BCUT2D eigenvalue weighted by Crippen LogP contribution is -2.27. The van der Waals surface area contributed by atoms with E-state index in [9.17, 15) is 0 Å². The fourth-order valence-corrected chi connectivity index (χ4v) is 2.25. The van der Waals surface area contributed by atoms with Crippen molar-refractivity contribution in [1.82, 2.24) is 4.98 Å². The summed E-state index contributed by atoms with van der Waals surface area (Å²) < 4.78 is 10.8. The van der Waals surface area contributed by atoms with Crippen LogP contribution in [0.5, 0.6) is 5.75 Å². The largest absolute Gasteiger partial charge is 0.495 e. The molecule has 88 valence electrons. The highest BCUT2D eigenvalue weighted by molar-refractivity contribution is 5.30. The molecule has 0 saturated carbocycles. The standard InChI is InChI=1S/C12H18N2O2/c1-8-9(5-7-16-8)11(13)12-10(15-2)4-3-6-14-12/h3-4,6,8-9,11H,5,7,13H2,1-2H3. The second-order valence-electron chi connectivity index (χ2n) is 4.15. The van der Waals surface area contributed by atoms with Gasteiger partial charge in [-0.05, 0) is 25.5 Å². The van der Waals surface area contributed by atoms with Crippen LogP contribution in [0.3, 0.4) is 0 Å². The summed E-state index contributed by atoms with van der Waals surface area (Å²) in [5.74, 6) is 1.08. The van der Waals surface area contributed by atoms with Gasteiger partial charge in [-0.3, -0.25) is 4.98 Å².